The SMILES string of the molecule is COC(=O)CCNc1cc(Cl)c([N+](=O)[O-])cc1C. The number of benzene rings is 1. The van der Waals surface area contributed by atoms with Crippen molar-refractivity contribution in [3.63, 3.8) is 0 Å². The number of nitro benzene ring substituents is 1. The lowest BCUT2D eigenvalue weighted by atomic mass is 10.1. The topological polar surface area (TPSA) is 81.5 Å². The molecule has 0 saturated heterocycles. The van der Waals surface area contributed by atoms with Gasteiger partial charge in [0, 0.05) is 18.3 Å². The number of ether oxygens (including phenoxy) is 1. The van der Waals surface area contributed by atoms with Crippen LogP contribution in [0.1, 0.15) is 12.0 Å². The summed E-state index contributed by atoms with van der Waals surface area (Å²) in [6, 6.07) is 2.87. The van der Waals surface area contributed by atoms with E-state index in [9.17, 15) is 14.9 Å². The smallest absolute Gasteiger partial charge is 0.307 e. The Morgan fingerprint density at radius 3 is 2.78 bits per heavy atom. The number of aryl methyl sites for hydroxylation is 1. The van der Waals surface area contributed by atoms with Crippen LogP contribution in [0.25, 0.3) is 0 Å². The van der Waals surface area contributed by atoms with Crippen LogP contribution in [0.3, 0.4) is 0 Å². The Morgan fingerprint density at radius 2 is 2.22 bits per heavy atom. The van der Waals surface area contributed by atoms with Gasteiger partial charge in [-0.05, 0) is 18.6 Å². The molecule has 0 aliphatic rings. The van der Waals surface area contributed by atoms with Crippen LogP contribution in [0, 0.1) is 17.0 Å². The number of hydrogen-bond donors (Lipinski definition) is 1. The molecule has 6 nitrogen and oxygen atoms in total. The highest BCUT2D eigenvalue weighted by molar-refractivity contribution is 6.33. The van der Waals surface area contributed by atoms with Gasteiger partial charge in [-0.1, -0.05) is 11.6 Å². The predicted octanol–water partition coefficient (Wildman–Crippen LogP) is 2.53. The molecule has 0 atom stereocenters. The second-order valence-corrected chi connectivity index (χ2v) is 4.04. The number of rotatable bonds is 5. The Bertz CT molecular complexity index is 476. The van der Waals surface area contributed by atoms with Gasteiger partial charge in [-0.15, -0.1) is 0 Å². The molecule has 1 aromatic rings. The van der Waals surface area contributed by atoms with Crippen molar-refractivity contribution >= 4 is 28.9 Å². The van der Waals surface area contributed by atoms with Crippen molar-refractivity contribution < 1.29 is 14.5 Å². The first-order valence-electron chi connectivity index (χ1n) is 5.21. The second-order valence-electron chi connectivity index (χ2n) is 3.63. The maximum Gasteiger partial charge on any atom is 0.307 e. The predicted molar refractivity (Wildman–Crippen MR) is 68.0 cm³/mol. The summed E-state index contributed by atoms with van der Waals surface area (Å²) in [6.07, 6.45) is 0.213. The molecule has 1 N–H and O–H groups in total. The zero-order valence-corrected chi connectivity index (χ0v) is 10.8. The van der Waals surface area contributed by atoms with Gasteiger partial charge in [-0.2, -0.15) is 0 Å². The molecule has 0 heterocycles. The van der Waals surface area contributed by atoms with Crippen LogP contribution in [-0.2, 0) is 9.53 Å². The van der Waals surface area contributed by atoms with Crippen LogP contribution in [0.4, 0.5) is 11.4 Å². The lowest BCUT2D eigenvalue weighted by molar-refractivity contribution is -0.384. The molecule has 0 radical (unpaired) electrons. The molecule has 7 heteroatoms. The van der Waals surface area contributed by atoms with Crippen molar-refractivity contribution in [1.82, 2.24) is 0 Å². The molecule has 0 spiro atoms. The van der Waals surface area contributed by atoms with Crippen molar-refractivity contribution in [2.45, 2.75) is 13.3 Å². The molecule has 0 saturated carbocycles. The average Bonchev–Trinajstić information content (AvgIpc) is 2.32. The van der Waals surface area contributed by atoms with E-state index in [-0.39, 0.29) is 23.1 Å². The normalized spacial score (nSPS) is 9.94. The van der Waals surface area contributed by atoms with E-state index in [0.717, 1.165) is 0 Å². The third-order valence-electron chi connectivity index (χ3n) is 2.36. The van der Waals surface area contributed by atoms with Crippen molar-refractivity contribution in [2.75, 3.05) is 19.0 Å². The summed E-state index contributed by atoms with van der Waals surface area (Å²) >= 11 is 5.79. The number of nitro groups is 1. The quantitative estimate of drug-likeness (QED) is 0.506. The van der Waals surface area contributed by atoms with E-state index < -0.39 is 4.92 Å². The fourth-order valence-electron chi connectivity index (χ4n) is 1.40. The van der Waals surface area contributed by atoms with Gasteiger partial charge in [0.25, 0.3) is 5.69 Å². The fraction of sp³-hybridized carbons (Fsp3) is 0.364. The van der Waals surface area contributed by atoms with Crippen molar-refractivity contribution in [3.8, 4) is 0 Å². The molecule has 1 rings (SSSR count). The molecule has 0 bridgehead atoms. The van der Waals surface area contributed by atoms with Crippen LogP contribution in [-0.4, -0.2) is 24.5 Å². The molecule has 0 unspecified atom stereocenters. The van der Waals surface area contributed by atoms with Gasteiger partial charge < -0.3 is 10.1 Å². The molecule has 1 aromatic carbocycles. The van der Waals surface area contributed by atoms with Crippen LogP contribution in [0.5, 0.6) is 0 Å². The summed E-state index contributed by atoms with van der Waals surface area (Å²) in [4.78, 5) is 21.1. The van der Waals surface area contributed by atoms with E-state index in [1.807, 2.05) is 0 Å². The number of nitrogens with zero attached hydrogens (tertiary/aromatic N) is 1. The first kappa shape index (κ1) is 14.2. The van der Waals surface area contributed by atoms with E-state index in [0.29, 0.717) is 17.8 Å². The number of carbonyl (C=O) groups is 1. The molecule has 98 valence electrons. The number of carbonyl (C=O) groups excluding carboxylic acids is 1. The molecule has 0 aromatic heterocycles. The van der Waals surface area contributed by atoms with E-state index >= 15 is 0 Å². The first-order chi connectivity index (χ1) is 8.45. The summed E-state index contributed by atoms with van der Waals surface area (Å²) in [7, 11) is 1.32. The molecule has 18 heavy (non-hydrogen) atoms. The summed E-state index contributed by atoms with van der Waals surface area (Å²) < 4.78 is 4.50. The molecule has 0 aliphatic carbocycles. The second kappa shape index (κ2) is 6.20. The minimum absolute atomic E-state index is 0.0613. The average molecular weight is 273 g/mol. The highest BCUT2D eigenvalue weighted by Gasteiger charge is 2.14. The third-order valence-corrected chi connectivity index (χ3v) is 2.67. The van der Waals surface area contributed by atoms with E-state index in [4.69, 9.17) is 11.6 Å². The Labute approximate surface area is 109 Å². The summed E-state index contributed by atoms with van der Waals surface area (Å²) in [6.45, 7) is 2.10. The fourth-order valence-corrected chi connectivity index (χ4v) is 1.63. The minimum Gasteiger partial charge on any atom is -0.469 e. The Hall–Kier alpha value is -1.82. The highest BCUT2D eigenvalue weighted by atomic mass is 35.5. The van der Waals surface area contributed by atoms with Gasteiger partial charge in [-0.3, -0.25) is 14.9 Å². The van der Waals surface area contributed by atoms with Gasteiger partial charge in [0.15, 0.2) is 0 Å². The van der Waals surface area contributed by atoms with Gasteiger partial charge in [-0.25, -0.2) is 0 Å². The Morgan fingerprint density at radius 1 is 1.56 bits per heavy atom. The van der Waals surface area contributed by atoms with E-state index in [2.05, 4.69) is 10.1 Å². The van der Waals surface area contributed by atoms with E-state index in [1.54, 1.807) is 6.92 Å². The number of methoxy groups -OCH3 is 1. The number of halogens is 1. The minimum atomic E-state index is -0.534. The van der Waals surface area contributed by atoms with Gasteiger partial charge in [0.1, 0.15) is 5.02 Å². The van der Waals surface area contributed by atoms with Crippen LogP contribution < -0.4 is 5.32 Å². The summed E-state index contributed by atoms with van der Waals surface area (Å²) in [5.74, 6) is -0.326. The molecule has 0 amide bonds. The maximum absolute atomic E-state index is 10.9. The molecule has 0 aliphatic heterocycles. The Balaban J connectivity index is 2.76. The number of hydrogen-bond acceptors (Lipinski definition) is 5. The lowest BCUT2D eigenvalue weighted by Crippen LogP contribution is -2.10. The van der Waals surface area contributed by atoms with Crippen LogP contribution in [0.15, 0.2) is 12.1 Å². The largest absolute Gasteiger partial charge is 0.469 e. The molecule has 0 fully saturated rings. The first-order valence-corrected chi connectivity index (χ1v) is 5.58. The maximum atomic E-state index is 10.9. The van der Waals surface area contributed by atoms with Crippen molar-refractivity contribution in [1.29, 1.82) is 0 Å². The zero-order chi connectivity index (χ0) is 13.7. The third kappa shape index (κ3) is 3.59. The molecular formula is C11H13ClN2O4. The van der Waals surface area contributed by atoms with E-state index in [1.165, 1.54) is 19.2 Å². The monoisotopic (exact) mass is 272 g/mol. The number of esters is 1. The zero-order valence-electron chi connectivity index (χ0n) is 10.0. The highest BCUT2D eigenvalue weighted by Crippen LogP contribution is 2.30. The van der Waals surface area contributed by atoms with Crippen molar-refractivity contribution in [2.24, 2.45) is 0 Å². The molecular weight excluding hydrogens is 260 g/mol. The number of nitrogens with one attached hydrogen (secondary N) is 1. The van der Waals surface area contributed by atoms with Gasteiger partial charge in [0.05, 0.1) is 18.5 Å². The lowest BCUT2D eigenvalue weighted by Gasteiger charge is -2.09. The summed E-state index contributed by atoms with van der Waals surface area (Å²) in [5, 5.41) is 13.7. The van der Waals surface area contributed by atoms with Gasteiger partial charge >= 0.3 is 5.97 Å². The van der Waals surface area contributed by atoms with Crippen molar-refractivity contribution in [3.05, 3.63) is 32.8 Å². The standard InChI is InChI=1S/C11H13ClN2O4/c1-7-5-10(14(16)17)8(12)6-9(7)13-4-3-11(15)18-2/h5-6,13H,3-4H2,1-2H3. The van der Waals surface area contributed by atoms with Gasteiger partial charge in [0.2, 0.25) is 0 Å². The number of anilines is 1. The Kier molecular flexibility index (Phi) is 4.91. The van der Waals surface area contributed by atoms with Crippen LogP contribution >= 0.6 is 11.6 Å². The van der Waals surface area contributed by atoms with Crippen LogP contribution in [0.2, 0.25) is 5.02 Å². The summed E-state index contributed by atoms with van der Waals surface area (Å²) in [5.41, 5.74) is 1.22.